The number of carbonyl (C=O) groups excluding carboxylic acids is 1. The SMILES string of the molecule is Cc1cc(C(=O)N(C)CC(C)C(N)=S)c(F)cc1F. The standard InChI is InChI=1S/C13H16F2N2OS/c1-7-4-9(11(15)5-10(7)14)13(18)17(3)6-8(2)12(16)19/h4-5,8H,6H2,1-3H3,(H2,16,19). The molecule has 1 atom stereocenters. The van der Waals surface area contributed by atoms with Gasteiger partial charge >= 0.3 is 0 Å². The van der Waals surface area contributed by atoms with Gasteiger partial charge in [-0.15, -0.1) is 0 Å². The number of halogens is 2. The lowest BCUT2D eigenvalue weighted by atomic mass is 10.1. The van der Waals surface area contributed by atoms with Crippen molar-refractivity contribution in [2.45, 2.75) is 13.8 Å². The van der Waals surface area contributed by atoms with E-state index in [0.717, 1.165) is 0 Å². The van der Waals surface area contributed by atoms with Crippen molar-refractivity contribution in [3.63, 3.8) is 0 Å². The largest absolute Gasteiger partial charge is 0.393 e. The summed E-state index contributed by atoms with van der Waals surface area (Å²) in [6.45, 7) is 3.53. The van der Waals surface area contributed by atoms with Crippen molar-refractivity contribution in [2.75, 3.05) is 13.6 Å². The van der Waals surface area contributed by atoms with E-state index in [1.807, 2.05) is 0 Å². The van der Waals surface area contributed by atoms with Gasteiger partial charge in [-0.25, -0.2) is 8.78 Å². The highest BCUT2D eigenvalue weighted by Crippen LogP contribution is 2.16. The van der Waals surface area contributed by atoms with E-state index in [0.29, 0.717) is 6.07 Å². The van der Waals surface area contributed by atoms with Gasteiger partial charge in [0, 0.05) is 25.6 Å². The van der Waals surface area contributed by atoms with Crippen LogP contribution in [0.1, 0.15) is 22.8 Å². The molecule has 0 aliphatic carbocycles. The van der Waals surface area contributed by atoms with E-state index in [4.69, 9.17) is 18.0 Å². The molecule has 1 rings (SSSR count). The van der Waals surface area contributed by atoms with Crippen LogP contribution in [0.2, 0.25) is 0 Å². The highest BCUT2D eigenvalue weighted by Gasteiger charge is 2.20. The highest BCUT2D eigenvalue weighted by atomic mass is 32.1. The number of carbonyl (C=O) groups is 1. The molecule has 0 aliphatic heterocycles. The van der Waals surface area contributed by atoms with Crippen LogP contribution >= 0.6 is 12.2 Å². The molecule has 0 saturated heterocycles. The fraction of sp³-hybridized carbons (Fsp3) is 0.385. The van der Waals surface area contributed by atoms with E-state index in [9.17, 15) is 13.6 Å². The Morgan fingerprint density at radius 3 is 2.53 bits per heavy atom. The third-order valence-electron chi connectivity index (χ3n) is 2.86. The fourth-order valence-electron chi connectivity index (χ4n) is 1.61. The van der Waals surface area contributed by atoms with Gasteiger partial charge in [0.25, 0.3) is 5.91 Å². The minimum Gasteiger partial charge on any atom is -0.393 e. The maximum absolute atomic E-state index is 13.6. The van der Waals surface area contributed by atoms with Crippen LogP contribution in [0.3, 0.4) is 0 Å². The van der Waals surface area contributed by atoms with Crippen LogP contribution in [0.4, 0.5) is 8.78 Å². The van der Waals surface area contributed by atoms with Crippen LogP contribution in [0.5, 0.6) is 0 Å². The Morgan fingerprint density at radius 2 is 2.00 bits per heavy atom. The van der Waals surface area contributed by atoms with Crippen molar-refractivity contribution in [1.82, 2.24) is 4.90 Å². The number of amides is 1. The van der Waals surface area contributed by atoms with E-state index in [-0.39, 0.29) is 28.6 Å². The minimum atomic E-state index is -0.872. The summed E-state index contributed by atoms with van der Waals surface area (Å²) in [5, 5.41) is 0. The van der Waals surface area contributed by atoms with Gasteiger partial charge in [-0.1, -0.05) is 19.1 Å². The van der Waals surface area contributed by atoms with Gasteiger partial charge < -0.3 is 10.6 Å². The lowest BCUT2D eigenvalue weighted by Crippen LogP contribution is -2.35. The molecule has 2 N–H and O–H groups in total. The summed E-state index contributed by atoms with van der Waals surface area (Å²) in [5.41, 5.74) is 5.53. The first-order valence-electron chi connectivity index (χ1n) is 5.74. The smallest absolute Gasteiger partial charge is 0.256 e. The molecule has 19 heavy (non-hydrogen) atoms. The van der Waals surface area contributed by atoms with Crippen LogP contribution in [0, 0.1) is 24.5 Å². The van der Waals surface area contributed by atoms with Crippen LogP contribution in [-0.4, -0.2) is 29.4 Å². The summed E-state index contributed by atoms with van der Waals surface area (Å²) < 4.78 is 26.7. The minimum absolute atomic E-state index is 0.156. The first kappa shape index (κ1) is 15.5. The van der Waals surface area contributed by atoms with Crippen molar-refractivity contribution >= 4 is 23.1 Å². The lowest BCUT2D eigenvalue weighted by molar-refractivity contribution is 0.0782. The quantitative estimate of drug-likeness (QED) is 0.864. The molecule has 0 aromatic heterocycles. The van der Waals surface area contributed by atoms with E-state index in [1.165, 1.54) is 24.9 Å². The van der Waals surface area contributed by atoms with Crippen LogP contribution in [-0.2, 0) is 0 Å². The predicted octanol–water partition coefficient (Wildman–Crippen LogP) is 2.27. The Kier molecular flexibility index (Phi) is 4.94. The van der Waals surface area contributed by atoms with Crippen molar-refractivity contribution in [1.29, 1.82) is 0 Å². The maximum Gasteiger partial charge on any atom is 0.256 e. The van der Waals surface area contributed by atoms with Crippen LogP contribution in [0.25, 0.3) is 0 Å². The molecule has 0 aliphatic rings. The topological polar surface area (TPSA) is 46.3 Å². The molecule has 0 bridgehead atoms. The number of hydrogen-bond donors (Lipinski definition) is 1. The number of nitrogens with zero attached hydrogens (tertiary/aromatic N) is 1. The molecule has 0 saturated carbocycles. The van der Waals surface area contributed by atoms with Crippen molar-refractivity contribution < 1.29 is 13.6 Å². The Morgan fingerprint density at radius 1 is 1.42 bits per heavy atom. The second-order valence-electron chi connectivity index (χ2n) is 4.57. The second kappa shape index (κ2) is 6.06. The Labute approximate surface area is 116 Å². The first-order chi connectivity index (χ1) is 8.73. The van der Waals surface area contributed by atoms with Crippen molar-refractivity contribution in [3.8, 4) is 0 Å². The molecule has 1 amide bonds. The number of thiocarbonyl (C=S) groups is 1. The summed E-state index contributed by atoms with van der Waals surface area (Å²) in [7, 11) is 1.52. The molecule has 6 heteroatoms. The fourth-order valence-corrected chi connectivity index (χ4v) is 1.68. The molecule has 3 nitrogen and oxygen atoms in total. The monoisotopic (exact) mass is 286 g/mol. The summed E-state index contributed by atoms with van der Waals surface area (Å²) in [6, 6.07) is 1.92. The van der Waals surface area contributed by atoms with Gasteiger partial charge in [0.2, 0.25) is 0 Å². The van der Waals surface area contributed by atoms with E-state index >= 15 is 0 Å². The summed E-state index contributed by atoms with van der Waals surface area (Å²) >= 11 is 4.82. The molecule has 0 fully saturated rings. The van der Waals surface area contributed by atoms with Gasteiger partial charge in [0.05, 0.1) is 10.6 Å². The summed E-state index contributed by atoms with van der Waals surface area (Å²) in [5.74, 6) is -2.24. The Balaban J connectivity index is 2.94. The number of rotatable bonds is 4. The molecule has 104 valence electrons. The third-order valence-corrected chi connectivity index (χ3v) is 3.26. The van der Waals surface area contributed by atoms with Crippen LogP contribution < -0.4 is 5.73 Å². The number of hydrogen-bond acceptors (Lipinski definition) is 2. The molecule has 0 spiro atoms. The normalized spacial score (nSPS) is 12.1. The molecular weight excluding hydrogens is 270 g/mol. The molecule has 0 radical (unpaired) electrons. The molecule has 1 unspecified atom stereocenters. The van der Waals surface area contributed by atoms with Crippen LogP contribution in [0.15, 0.2) is 12.1 Å². The number of nitrogens with two attached hydrogens (primary N) is 1. The van der Waals surface area contributed by atoms with Gasteiger partial charge in [-0.2, -0.15) is 0 Å². The third kappa shape index (κ3) is 3.70. The Bertz CT molecular complexity index is 520. The predicted molar refractivity (Wildman–Crippen MR) is 74.0 cm³/mol. The zero-order chi connectivity index (χ0) is 14.7. The lowest BCUT2D eigenvalue weighted by Gasteiger charge is -2.21. The van der Waals surface area contributed by atoms with Gasteiger partial charge in [-0.3, -0.25) is 4.79 Å². The number of aryl methyl sites for hydroxylation is 1. The average molecular weight is 286 g/mol. The molecule has 1 aromatic rings. The highest BCUT2D eigenvalue weighted by molar-refractivity contribution is 7.80. The number of benzene rings is 1. The summed E-state index contributed by atoms with van der Waals surface area (Å²) in [6.07, 6.45) is 0. The van der Waals surface area contributed by atoms with E-state index in [2.05, 4.69) is 0 Å². The van der Waals surface area contributed by atoms with Gasteiger partial charge in [-0.05, 0) is 18.6 Å². The zero-order valence-corrected chi connectivity index (χ0v) is 11.9. The maximum atomic E-state index is 13.6. The van der Waals surface area contributed by atoms with E-state index in [1.54, 1.807) is 6.92 Å². The average Bonchev–Trinajstić information content (AvgIpc) is 2.32. The van der Waals surface area contributed by atoms with Crippen molar-refractivity contribution in [3.05, 3.63) is 34.9 Å². The molecule has 1 aromatic carbocycles. The summed E-state index contributed by atoms with van der Waals surface area (Å²) in [4.78, 5) is 13.7. The van der Waals surface area contributed by atoms with Gasteiger partial charge in [0.15, 0.2) is 0 Å². The van der Waals surface area contributed by atoms with E-state index < -0.39 is 17.5 Å². The first-order valence-corrected chi connectivity index (χ1v) is 6.15. The van der Waals surface area contributed by atoms with Crippen molar-refractivity contribution in [2.24, 2.45) is 11.7 Å². The van der Waals surface area contributed by atoms with Gasteiger partial charge in [0.1, 0.15) is 11.6 Å². The molecular formula is C13H16F2N2OS. The Hall–Kier alpha value is -1.56. The second-order valence-corrected chi connectivity index (χ2v) is 5.04. The molecule has 0 heterocycles. The zero-order valence-electron chi connectivity index (χ0n) is 11.0.